The lowest BCUT2D eigenvalue weighted by Crippen LogP contribution is -2.49. The van der Waals surface area contributed by atoms with Crippen LogP contribution in [-0.2, 0) is 10.0 Å². The smallest absolute Gasteiger partial charge is 0.256 e. The number of hydrogen-bond donors (Lipinski definition) is 0. The zero-order valence-corrected chi connectivity index (χ0v) is 18.6. The second-order valence-corrected chi connectivity index (χ2v) is 9.31. The molecule has 1 amide bonds. The summed E-state index contributed by atoms with van der Waals surface area (Å²) in [7, 11) is -3.78. The number of sulfonamides is 1. The van der Waals surface area contributed by atoms with Crippen molar-refractivity contribution in [2.24, 2.45) is 0 Å². The number of benzene rings is 2. The Kier molecular flexibility index (Phi) is 7.00. The van der Waals surface area contributed by atoms with Crippen LogP contribution in [0.15, 0.2) is 47.4 Å². The molecule has 1 saturated heterocycles. The molecule has 0 radical (unpaired) electrons. The highest BCUT2D eigenvalue weighted by Gasteiger charge is 2.28. The average molecular weight is 454 g/mol. The van der Waals surface area contributed by atoms with Crippen molar-refractivity contribution in [3.05, 3.63) is 58.9 Å². The van der Waals surface area contributed by atoms with Crippen LogP contribution >= 0.6 is 11.6 Å². The van der Waals surface area contributed by atoms with Crippen molar-refractivity contribution in [2.45, 2.75) is 18.7 Å². The van der Waals surface area contributed by atoms with Crippen LogP contribution in [0, 0.1) is 5.82 Å². The normalized spacial score (nSPS) is 15.0. The number of carbonyl (C=O) groups is 1. The van der Waals surface area contributed by atoms with E-state index >= 15 is 0 Å². The third kappa shape index (κ3) is 4.45. The second kappa shape index (κ2) is 9.32. The van der Waals surface area contributed by atoms with Gasteiger partial charge in [-0.2, -0.15) is 4.31 Å². The highest BCUT2D eigenvalue weighted by atomic mass is 35.5. The fourth-order valence-corrected chi connectivity index (χ4v) is 5.31. The molecule has 2 aromatic carbocycles. The molecule has 1 fully saturated rings. The molecule has 0 aliphatic carbocycles. The van der Waals surface area contributed by atoms with E-state index in [1.54, 1.807) is 18.7 Å². The maximum atomic E-state index is 14.4. The molecule has 3 rings (SSSR count). The van der Waals surface area contributed by atoms with Crippen molar-refractivity contribution in [2.75, 3.05) is 44.2 Å². The number of anilines is 1. The first-order valence-corrected chi connectivity index (χ1v) is 11.7. The van der Waals surface area contributed by atoms with Gasteiger partial charge in [0.05, 0.1) is 21.2 Å². The van der Waals surface area contributed by atoms with E-state index in [1.807, 2.05) is 24.3 Å². The van der Waals surface area contributed by atoms with Crippen molar-refractivity contribution in [3.63, 3.8) is 0 Å². The first kappa shape index (κ1) is 22.5. The average Bonchev–Trinajstić information content (AvgIpc) is 2.74. The molecule has 0 spiro atoms. The predicted molar refractivity (Wildman–Crippen MR) is 116 cm³/mol. The molecule has 162 valence electrons. The van der Waals surface area contributed by atoms with Gasteiger partial charge < -0.3 is 9.80 Å². The number of carbonyl (C=O) groups excluding carboxylic acids is 1. The molecular formula is C21H25ClFN3O3S. The summed E-state index contributed by atoms with van der Waals surface area (Å²) in [6.07, 6.45) is 0. The van der Waals surface area contributed by atoms with Crippen LogP contribution in [0.3, 0.4) is 0 Å². The van der Waals surface area contributed by atoms with Gasteiger partial charge in [-0.3, -0.25) is 4.79 Å². The fraction of sp³-hybridized carbons (Fsp3) is 0.381. The number of hydrogen-bond acceptors (Lipinski definition) is 4. The summed E-state index contributed by atoms with van der Waals surface area (Å²) in [4.78, 5) is 16.5. The Bertz CT molecular complexity index is 1020. The van der Waals surface area contributed by atoms with Gasteiger partial charge in [0.1, 0.15) is 5.82 Å². The van der Waals surface area contributed by atoms with Gasteiger partial charge in [0, 0.05) is 39.3 Å². The summed E-state index contributed by atoms with van der Waals surface area (Å²) >= 11 is 6.25. The van der Waals surface area contributed by atoms with Gasteiger partial charge in [-0.05, 0) is 30.3 Å². The predicted octanol–water partition coefficient (Wildman–Crippen LogP) is 3.47. The molecule has 0 aromatic heterocycles. The first-order valence-electron chi connectivity index (χ1n) is 9.88. The largest absolute Gasteiger partial charge is 0.367 e. The zero-order valence-electron chi connectivity index (χ0n) is 17.0. The van der Waals surface area contributed by atoms with Crippen molar-refractivity contribution in [3.8, 4) is 0 Å². The molecule has 9 heteroatoms. The molecule has 0 unspecified atom stereocenters. The molecule has 2 aromatic rings. The van der Waals surface area contributed by atoms with Crippen LogP contribution in [0.4, 0.5) is 10.1 Å². The van der Waals surface area contributed by atoms with Crippen LogP contribution in [0.1, 0.15) is 24.2 Å². The van der Waals surface area contributed by atoms with Crippen LogP contribution in [-0.4, -0.2) is 62.8 Å². The van der Waals surface area contributed by atoms with E-state index in [1.165, 1.54) is 10.4 Å². The minimum atomic E-state index is -3.78. The van der Waals surface area contributed by atoms with Gasteiger partial charge in [0.25, 0.3) is 5.91 Å². The molecule has 0 saturated carbocycles. The first-order chi connectivity index (χ1) is 14.3. The van der Waals surface area contributed by atoms with Crippen LogP contribution in [0.5, 0.6) is 0 Å². The van der Waals surface area contributed by atoms with Gasteiger partial charge in [-0.1, -0.05) is 37.6 Å². The summed E-state index contributed by atoms with van der Waals surface area (Å²) in [5.41, 5.74) is 0.666. The third-order valence-corrected chi connectivity index (χ3v) is 7.64. The standard InChI is InChI=1S/C21H25ClFN3O3S/c1-3-26(4-2)30(28,29)16-9-10-19(23)17(15-16)21(27)25-13-11-24(12-14-25)20-8-6-5-7-18(20)22/h5-10,15H,3-4,11-14H2,1-2H3. The van der Waals surface area contributed by atoms with Crippen molar-refractivity contribution >= 4 is 33.2 Å². The minimum absolute atomic E-state index is 0.0781. The SMILES string of the molecule is CCN(CC)S(=O)(=O)c1ccc(F)c(C(=O)N2CCN(c3ccccc3Cl)CC2)c1. The number of rotatable bonds is 6. The molecule has 1 aliphatic heterocycles. The second-order valence-electron chi connectivity index (χ2n) is 6.96. The highest BCUT2D eigenvalue weighted by Crippen LogP contribution is 2.27. The Hall–Kier alpha value is -2.16. The zero-order chi connectivity index (χ0) is 21.9. The van der Waals surface area contributed by atoms with Gasteiger partial charge in [-0.25, -0.2) is 12.8 Å². The third-order valence-electron chi connectivity index (χ3n) is 5.27. The topological polar surface area (TPSA) is 60.9 Å². The number of halogens is 2. The lowest BCUT2D eigenvalue weighted by Gasteiger charge is -2.36. The Morgan fingerprint density at radius 2 is 1.70 bits per heavy atom. The van der Waals surface area contributed by atoms with E-state index < -0.39 is 21.7 Å². The maximum absolute atomic E-state index is 14.4. The van der Waals surface area contributed by atoms with E-state index in [4.69, 9.17) is 11.6 Å². The monoisotopic (exact) mass is 453 g/mol. The Balaban J connectivity index is 1.79. The summed E-state index contributed by atoms with van der Waals surface area (Å²) < 4.78 is 41.2. The Morgan fingerprint density at radius 3 is 2.30 bits per heavy atom. The molecule has 0 bridgehead atoms. The van der Waals surface area contributed by atoms with E-state index in [0.29, 0.717) is 44.3 Å². The van der Waals surface area contributed by atoms with Crippen LogP contribution < -0.4 is 4.90 Å². The quantitative estimate of drug-likeness (QED) is 0.672. The molecule has 6 nitrogen and oxygen atoms in total. The van der Waals surface area contributed by atoms with Gasteiger partial charge in [-0.15, -0.1) is 0 Å². The Labute approximate surface area is 181 Å². The van der Waals surface area contributed by atoms with Crippen molar-refractivity contribution in [1.29, 1.82) is 0 Å². The Morgan fingerprint density at radius 1 is 1.07 bits per heavy atom. The lowest BCUT2D eigenvalue weighted by atomic mass is 10.1. The van der Waals surface area contributed by atoms with Crippen molar-refractivity contribution < 1.29 is 17.6 Å². The van der Waals surface area contributed by atoms with E-state index in [-0.39, 0.29) is 10.5 Å². The number of nitrogens with zero attached hydrogens (tertiary/aromatic N) is 3. The summed E-state index contributed by atoms with van der Waals surface area (Å²) in [6, 6.07) is 10.9. The molecule has 0 atom stereocenters. The summed E-state index contributed by atoms with van der Waals surface area (Å²) in [6.45, 7) is 5.92. The van der Waals surface area contributed by atoms with Gasteiger partial charge >= 0.3 is 0 Å². The molecule has 1 aliphatic rings. The van der Waals surface area contributed by atoms with Gasteiger partial charge in [0.2, 0.25) is 10.0 Å². The van der Waals surface area contributed by atoms with E-state index in [9.17, 15) is 17.6 Å². The maximum Gasteiger partial charge on any atom is 0.256 e. The molecular weight excluding hydrogens is 429 g/mol. The summed E-state index contributed by atoms with van der Waals surface area (Å²) in [5.74, 6) is -1.24. The minimum Gasteiger partial charge on any atom is -0.367 e. The molecule has 30 heavy (non-hydrogen) atoms. The lowest BCUT2D eigenvalue weighted by molar-refractivity contribution is 0.0742. The van der Waals surface area contributed by atoms with Crippen LogP contribution in [0.25, 0.3) is 0 Å². The molecule has 0 N–H and O–H groups in total. The number of para-hydroxylation sites is 1. The molecule has 1 heterocycles. The van der Waals surface area contributed by atoms with Gasteiger partial charge in [0.15, 0.2) is 0 Å². The fourth-order valence-electron chi connectivity index (χ4n) is 3.57. The van der Waals surface area contributed by atoms with E-state index in [0.717, 1.165) is 17.8 Å². The van der Waals surface area contributed by atoms with Crippen LogP contribution in [0.2, 0.25) is 5.02 Å². The highest BCUT2D eigenvalue weighted by molar-refractivity contribution is 7.89. The van der Waals surface area contributed by atoms with E-state index in [2.05, 4.69) is 4.90 Å². The number of amides is 1. The van der Waals surface area contributed by atoms with Crippen molar-refractivity contribution in [1.82, 2.24) is 9.21 Å². The summed E-state index contributed by atoms with van der Waals surface area (Å²) in [5, 5.41) is 0.637. The number of piperazine rings is 1.